The number of piperidine rings is 1. The summed E-state index contributed by atoms with van der Waals surface area (Å²) >= 11 is 6.06. The van der Waals surface area contributed by atoms with E-state index < -0.39 is 5.60 Å². The quantitative estimate of drug-likeness (QED) is 0.721. The van der Waals surface area contributed by atoms with Gasteiger partial charge in [0, 0.05) is 31.7 Å². The van der Waals surface area contributed by atoms with Gasteiger partial charge in [-0.25, -0.2) is 4.79 Å². The number of ether oxygens (including phenoxy) is 1. The Hall–Kier alpha value is -1.82. The molecule has 2 fully saturated rings. The van der Waals surface area contributed by atoms with Crippen LogP contribution in [0, 0.1) is 5.92 Å². The lowest BCUT2D eigenvalue weighted by Gasteiger charge is -2.41. The van der Waals surface area contributed by atoms with Gasteiger partial charge in [-0.1, -0.05) is 17.7 Å². The lowest BCUT2D eigenvalue weighted by atomic mass is 9.82. The van der Waals surface area contributed by atoms with Gasteiger partial charge in [-0.15, -0.1) is 10.2 Å². The number of carbonyl (C=O) groups is 1. The molecule has 0 saturated carbocycles. The van der Waals surface area contributed by atoms with Gasteiger partial charge in [0.15, 0.2) is 5.15 Å². The summed E-state index contributed by atoms with van der Waals surface area (Å²) in [5.74, 6) is 0.393. The van der Waals surface area contributed by atoms with Crippen molar-refractivity contribution in [2.75, 3.05) is 18.5 Å². The Kier molecular flexibility index (Phi) is 4.57. The van der Waals surface area contributed by atoms with Crippen molar-refractivity contribution in [3.05, 3.63) is 23.0 Å². The van der Waals surface area contributed by atoms with Crippen molar-refractivity contribution in [3.8, 4) is 0 Å². The van der Waals surface area contributed by atoms with Crippen molar-refractivity contribution < 1.29 is 9.53 Å². The molecule has 2 saturated heterocycles. The van der Waals surface area contributed by atoms with Gasteiger partial charge in [-0.3, -0.25) is 0 Å². The Balaban J connectivity index is 1.55. The molecule has 1 aromatic heterocycles. The zero-order valence-electron chi connectivity index (χ0n) is 16.4. The molecule has 3 aliphatic heterocycles. The van der Waals surface area contributed by atoms with Gasteiger partial charge in [-0.2, -0.15) is 0 Å². The van der Waals surface area contributed by atoms with E-state index in [9.17, 15) is 4.79 Å². The summed E-state index contributed by atoms with van der Waals surface area (Å²) in [5.41, 5.74) is 2.77. The molecule has 0 N–H and O–H groups in total. The maximum atomic E-state index is 12.7. The van der Waals surface area contributed by atoms with Crippen LogP contribution in [-0.4, -0.2) is 52.5 Å². The fraction of sp³-hybridized carbons (Fsp3) is 0.650. The van der Waals surface area contributed by atoms with E-state index in [-0.39, 0.29) is 18.2 Å². The van der Waals surface area contributed by atoms with Crippen LogP contribution in [0.5, 0.6) is 0 Å². The second-order valence-electron chi connectivity index (χ2n) is 8.88. The SMILES string of the molecule is CN1CC=C([C@@H]2CC3CC[C@@H](C2)N3C(=O)OC(C)(C)C)c2nnc(Cl)cc21. The third kappa shape index (κ3) is 3.51. The molecule has 0 aromatic carbocycles. The topological polar surface area (TPSA) is 58.6 Å². The number of rotatable bonds is 1. The first-order valence-corrected chi connectivity index (χ1v) is 10.1. The molecule has 2 bridgehead atoms. The Labute approximate surface area is 165 Å². The Morgan fingerprint density at radius 3 is 2.52 bits per heavy atom. The predicted octanol–water partition coefficient (Wildman–Crippen LogP) is 4.14. The first-order chi connectivity index (χ1) is 12.7. The number of carbonyl (C=O) groups excluding carboxylic acids is 1. The molecule has 27 heavy (non-hydrogen) atoms. The molecule has 4 heterocycles. The van der Waals surface area contributed by atoms with Crippen LogP contribution < -0.4 is 4.90 Å². The number of aromatic nitrogens is 2. The number of amides is 1. The number of nitrogens with zero attached hydrogens (tertiary/aromatic N) is 4. The monoisotopic (exact) mass is 390 g/mol. The minimum Gasteiger partial charge on any atom is -0.444 e. The van der Waals surface area contributed by atoms with Crippen molar-refractivity contribution in [2.45, 2.75) is 64.1 Å². The fourth-order valence-corrected chi connectivity index (χ4v) is 4.83. The largest absolute Gasteiger partial charge is 0.444 e. The molecule has 3 atom stereocenters. The molecule has 7 heteroatoms. The van der Waals surface area contributed by atoms with Gasteiger partial charge >= 0.3 is 6.09 Å². The van der Waals surface area contributed by atoms with Gasteiger partial charge in [0.25, 0.3) is 0 Å². The van der Waals surface area contributed by atoms with E-state index in [2.05, 4.69) is 21.2 Å². The highest BCUT2D eigenvalue weighted by Gasteiger charge is 2.46. The molecular formula is C20H27ClN4O2. The third-order valence-electron chi connectivity index (χ3n) is 5.79. The Bertz CT molecular complexity index is 775. The molecule has 1 amide bonds. The van der Waals surface area contributed by atoms with Crippen LogP contribution >= 0.6 is 11.6 Å². The highest BCUT2D eigenvalue weighted by Crippen LogP contribution is 2.46. The zero-order valence-corrected chi connectivity index (χ0v) is 17.2. The lowest BCUT2D eigenvalue weighted by molar-refractivity contribution is 0.00490. The molecule has 0 aliphatic carbocycles. The molecule has 4 rings (SSSR count). The smallest absolute Gasteiger partial charge is 0.410 e. The number of allylic oxidation sites excluding steroid dienone is 1. The highest BCUT2D eigenvalue weighted by molar-refractivity contribution is 6.29. The van der Waals surface area contributed by atoms with E-state index in [4.69, 9.17) is 16.3 Å². The van der Waals surface area contributed by atoms with Crippen LogP contribution in [0.4, 0.5) is 10.5 Å². The van der Waals surface area contributed by atoms with Crippen LogP contribution in [0.15, 0.2) is 12.1 Å². The first-order valence-electron chi connectivity index (χ1n) is 9.69. The number of hydrogen-bond donors (Lipinski definition) is 0. The van der Waals surface area contributed by atoms with E-state index in [0.717, 1.165) is 43.6 Å². The standard InChI is InChI=1S/C20H27ClN4O2/c1-20(2,3)27-19(26)25-13-5-6-14(25)10-12(9-13)15-7-8-24(4)16-11-17(21)22-23-18(15)16/h7,11-14H,5-6,8-10H2,1-4H3/t12-,13-,14?/m0/s1. The van der Waals surface area contributed by atoms with Crippen LogP contribution in [0.25, 0.3) is 5.57 Å². The minimum absolute atomic E-state index is 0.169. The van der Waals surface area contributed by atoms with Crippen molar-refractivity contribution in [1.29, 1.82) is 0 Å². The van der Waals surface area contributed by atoms with Gasteiger partial charge in [0.1, 0.15) is 11.3 Å². The maximum Gasteiger partial charge on any atom is 0.410 e. The minimum atomic E-state index is -0.461. The average molecular weight is 391 g/mol. The van der Waals surface area contributed by atoms with E-state index >= 15 is 0 Å². The summed E-state index contributed by atoms with van der Waals surface area (Å²) in [6, 6.07) is 2.38. The van der Waals surface area contributed by atoms with E-state index in [1.165, 1.54) is 5.57 Å². The summed E-state index contributed by atoms with van der Waals surface area (Å²) in [6.45, 7) is 6.60. The fourth-order valence-electron chi connectivity index (χ4n) is 4.69. The molecule has 0 spiro atoms. The van der Waals surface area contributed by atoms with Crippen molar-refractivity contribution in [2.24, 2.45) is 5.92 Å². The maximum absolute atomic E-state index is 12.7. The predicted molar refractivity (Wildman–Crippen MR) is 106 cm³/mol. The molecule has 1 unspecified atom stereocenters. The lowest BCUT2D eigenvalue weighted by Crippen LogP contribution is -2.48. The van der Waals surface area contributed by atoms with Crippen molar-refractivity contribution in [3.63, 3.8) is 0 Å². The van der Waals surface area contributed by atoms with Crippen LogP contribution in [0.1, 0.15) is 52.1 Å². The third-order valence-corrected chi connectivity index (χ3v) is 5.98. The van der Waals surface area contributed by atoms with E-state index in [1.54, 1.807) is 0 Å². The van der Waals surface area contributed by atoms with Crippen molar-refractivity contribution in [1.82, 2.24) is 15.1 Å². The van der Waals surface area contributed by atoms with Gasteiger partial charge in [0.2, 0.25) is 0 Å². The van der Waals surface area contributed by atoms with Gasteiger partial charge < -0.3 is 14.5 Å². The molecule has 1 aromatic rings. The summed E-state index contributed by atoms with van der Waals surface area (Å²) in [4.78, 5) is 16.8. The zero-order chi connectivity index (χ0) is 19.3. The molecule has 146 valence electrons. The second-order valence-corrected chi connectivity index (χ2v) is 9.27. The summed E-state index contributed by atoms with van der Waals surface area (Å²) in [6.07, 6.45) is 6.10. The van der Waals surface area contributed by atoms with Gasteiger partial charge in [0.05, 0.1) is 5.69 Å². The Morgan fingerprint density at radius 2 is 1.89 bits per heavy atom. The average Bonchev–Trinajstić information content (AvgIpc) is 2.85. The summed E-state index contributed by atoms with van der Waals surface area (Å²) < 4.78 is 5.65. The second kappa shape index (κ2) is 6.66. The van der Waals surface area contributed by atoms with E-state index in [1.807, 2.05) is 38.8 Å². The van der Waals surface area contributed by atoms with Crippen molar-refractivity contribution >= 4 is 29.0 Å². The number of likely N-dealkylation sites (N-methyl/N-ethyl adjacent to an activating group) is 1. The molecule has 0 radical (unpaired) electrons. The van der Waals surface area contributed by atoms with Crippen LogP contribution in [0.3, 0.4) is 0 Å². The van der Waals surface area contributed by atoms with Gasteiger partial charge in [-0.05, 0) is 57.9 Å². The normalized spacial score (nSPS) is 27.3. The summed E-state index contributed by atoms with van der Waals surface area (Å²) in [5, 5.41) is 8.89. The van der Waals surface area contributed by atoms with Crippen LogP contribution in [0.2, 0.25) is 5.15 Å². The molecular weight excluding hydrogens is 364 g/mol. The molecule has 6 nitrogen and oxygen atoms in total. The van der Waals surface area contributed by atoms with E-state index in [0.29, 0.717) is 11.1 Å². The molecule has 3 aliphatic rings. The van der Waals surface area contributed by atoms with Crippen LogP contribution in [-0.2, 0) is 4.74 Å². The Morgan fingerprint density at radius 1 is 1.22 bits per heavy atom. The number of fused-ring (bicyclic) bond motifs is 3. The number of anilines is 1. The number of halogens is 1. The number of hydrogen-bond acceptors (Lipinski definition) is 5. The first kappa shape index (κ1) is 18.5. The highest BCUT2D eigenvalue weighted by atomic mass is 35.5. The summed E-state index contributed by atoms with van der Waals surface area (Å²) in [7, 11) is 2.04.